The standard InChI is InChI=1S/C25H27B2N3O10/c1-2-29-10-11-30(23(33)22(29)32)25(36)28-20(14-6-8-16(9-7-14)26(37)38)19(31)13-17-12-15-4-3-5-18(24(34)35)21(15)40-27(17)39/h3-9,17,20,37-39H,2,10-13H2,1H3,(H,28,36)(H,34,35)/t17-,20?/m1/s1. The number of imide groups is 1. The molecule has 4 amide bonds. The molecule has 2 aliphatic heterocycles. The lowest BCUT2D eigenvalue weighted by Crippen LogP contribution is -2.58. The molecule has 0 aliphatic carbocycles. The van der Waals surface area contributed by atoms with E-state index in [0.717, 1.165) is 4.90 Å². The number of hydrogen-bond donors (Lipinski definition) is 5. The van der Waals surface area contributed by atoms with Crippen molar-refractivity contribution in [1.29, 1.82) is 0 Å². The van der Waals surface area contributed by atoms with Crippen molar-refractivity contribution in [3.8, 4) is 5.75 Å². The largest absolute Gasteiger partial charge is 0.535 e. The van der Waals surface area contributed by atoms with Gasteiger partial charge in [-0.15, -0.1) is 0 Å². The Balaban J connectivity index is 1.57. The number of aromatic carboxylic acids is 1. The van der Waals surface area contributed by atoms with Crippen LogP contribution in [0.4, 0.5) is 4.79 Å². The second kappa shape index (κ2) is 11.9. The second-order valence-electron chi connectivity index (χ2n) is 9.51. The van der Waals surface area contributed by atoms with E-state index in [1.54, 1.807) is 13.0 Å². The van der Waals surface area contributed by atoms with E-state index >= 15 is 0 Å². The Morgan fingerprint density at radius 3 is 2.42 bits per heavy atom. The van der Waals surface area contributed by atoms with Gasteiger partial charge >= 0.3 is 38.1 Å². The van der Waals surface area contributed by atoms with Crippen LogP contribution in [0.3, 0.4) is 0 Å². The first-order valence-electron chi connectivity index (χ1n) is 12.6. The van der Waals surface area contributed by atoms with Crippen LogP contribution >= 0.6 is 0 Å². The monoisotopic (exact) mass is 551 g/mol. The lowest BCUT2D eigenvalue weighted by atomic mass is 9.64. The molecule has 5 N–H and O–H groups in total. The Kier molecular flexibility index (Phi) is 8.57. The molecule has 0 radical (unpaired) electrons. The summed E-state index contributed by atoms with van der Waals surface area (Å²) in [4.78, 5) is 65.0. The SMILES string of the molecule is CCN1CCN(C(=O)NC(C(=O)C[C@H]2Cc3cccc(C(=O)O)c3OB2O)c2ccc(B(O)O)cc2)C(=O)C1=O. The minimum atomic E-state index is -1.76. The number of fused-ring (bicyclic) bond motifs is 1. The first-order chi connectivity index (χ1) is 19.0. The molecular weight excluding hydrogens is 524 g/mol. The quantitative estimate of drug-likeness (QED) is 0.200. The summed E-state index contributed by atoms with van der Waals surface area (Å²) in [5.74, 6) is -4.44. The molecule has 1 fully saturated rings. The van der Waals surface area contributed by atoms with Gasteiger partial charge in [-0.3, -0.25) is 19.3 Å². The molecule has 0 spiro atoms. The Labute approximate surface area is 229 Å². The van der Waals surface area contributed by atoms with Crippen LogP contribution in [0.5, 0.6) is 5.75 Å². The number of nitrogens with zero attached hydrogens (tertiary/aromatic N) is 2. The summed E-state index contributed by atoms with van der Waals surface area (Å²) in [7, 11) is -3.27. The minimum absolute atomic E-state index is 0.0172. The number of nitrogens with one attached hydrogen (secondary N) is 1. The first-order valence-corrected chi connectivity index (χ1v) is 12.6. The Morgan fingerprint density at radius 2 is 1.80 bits per heavy atom. The van der Waals surface area contributed by atoms with Crippen LogP contribution < -0.4 is 15.4 Å². The number of benzene rings is 2. The summed E-state index contributed by atoms with van der Waals surface area (Å²) in [6, 6.07) is 7.71. The fourth-order valence-corrected chi connectivity index (χ4v) is 4.78. The Morgan fingerprint density at radius 1 is 1.10 bits per heavy atom. The summed E-state index contributed by atoms with van der Waals surface area (Å²) in [5.41, 5.74) is 0.760. The summed E-state index contributed by atoms with van der Waals surface area (Å²) >= 11 is 0. The summed E-state index contributed by atoms with van der Waals surface area (Å²) < 4.78 is 5.47. The van der Waals surface area contributed by atoms with Gasteiger partial charge in [-0.05, 0) is 36.0 Å². The van der Waals surface area contributed by atoms with Crippen LogP contribution in [-0.2, 0) is 20.8 Å². The second-order valence-corrected chi connectivity index (χ2v) is 9.51. The van der Waals surface area contributed by atoms with E-state index < -0.39 is 55.7 Å². The molecule has 2 aromatic rings. The number of carboxylic acids is 1. The molecule has 0 saturated carbocycles. The topological polar surface area (TPSA) is 194 Å². The zero-order valence-corrected chi connectivity index (χ0v) is 21.5. The molecule has 0 aromatic heterocycles. The number of piperazine rings is 1. The summed E-state index contributed by atoms with van der Waals surface area (Å²) in [6.45, 7) is 2.07. The molecule has 13 nitrogen and oxygen atoms in total. The summed E-state index contributed by atoms with van der Waals surface area (Å²) in [6.07, 6.45) is -0.185. The maximum Gasteiger partial charge on any atom is 0.526 e. The number of carbonyl (C=O) groups excluding carboxylic acids is 4. The Bertz CT molecular complexity index is 1340. The van der Waals surface area contributed by atoms with Crippen molar-refractivity contribution in [3.05, 3.63) is 59.2 Å². The minimum Gasteiger partial charge on any atom is -0.535 e. The van der Waals surface area contributed by atoms with Crippen molar-refractivity contribution >= 4 is 49.3 Å². The molecule has 15 heteroatoms. The van der Waals surface area contributed by atoms with E-state index in [1.807, 2.05) is 0 Å². The molecule has 0 bridgehead atoms. The lowest BCUT2D eigenvalue weighted by Gasteiger charge is -2.33. The first kappa shape index (κ1) is 28.8. The highest BCUT2D eigenvalue weighted by molar-refractivity contribution is 6.58. The van der Waals surface area contributed by atoms with Crippen LogP contribution in [0, 0.1) is 0 Å². The van der Waals surface area contributed by atoms with Gasteiger partial charge in [0.05, 0.1) is 5.56 Å². The molecule has 40 heavy (non-hydrogen) atoms. The zero-order valence-electron chi connectivity index (χ0n) is 21.5. The van der Waals surface area contributed by atoms with Crippen molar-refractivity contribution in [2.45, 2.75) is 31.6 Å². The number of ketones is 1. The van der Waals surface area contributed by atoms with E-state index in [4.69, 9.17) is 4.65 Å². The molecule has 1 saturated heterocycles. The molecular formula is C25H27B2N3O10. The van der Waals surface area contributed by atoms with Gasteiger partial charge < -0.3 is 35.0 Å². The van der Waals surface area contributed by atoms with Crippen molar-refractivity contribution in [2.75, 3.05) is 19.6 Å². The normalized spacial score (nSPS) is 17.6. The van der Waals surface area contributed by atoms with E-state index in [9.17, 15) is 44.2 Å². The van der Waals surface area contributed by atoms with Gasteiger partial charge in [0.15, 0.2) is 5.78 Å². The highest BCUT2D eigenvalue weighted by atomic mass is 16.5. The predicted molar refractivity (Wildman–Crippen MR) is 141 cm³/mol. The van der Waals surface area contributed by atoms with Crippen LogP contribution in [0.15, 0.2) is 42.5 Å². The molecule has 2 aliphatic rings. The van der Waals surface area contributed by atoms with Crippen LogP contribution in [0.2, 0.25) is 5.82 Å². The lowest BCUT2D eigenvalue weighted by molar-refractivity contribution is -0.153. The molecule has 2 aromatic carbocycles. The molecule has 1 unspecified atom stereocenters. The average Bonchev–Trinajstić information content (AvgIpc) is 2.93. The number of urea groups is 1. The van der Waals surface area contributed by atoms with Gasteiger partial charge in [0.2, 0.25) is 0 Å². The third-order valence-electron chi connectivity index (χ3n) is 7.01. The van der Waals surface area contributed by atoms with Gasteiger partial charge in [0.1, 0.15) is 11.8 Å². The fourth-order valence-electron chi connectivity index (χ4n) is 4.78. The zero-order chi connectivity index (χ0) is 29.1. The number of amides is 4. The number of Topliss-reactive ketones (excluding diaryl/α,β-unsaturated/α-hetero) is 1. The maximum absolute atomic E-state index is 13.6. The molecule has 2 atom stereocenters. The number of rotatable bonds is 8. The molecule has 2 heterocycles. The smallest absolute Gasteiger partial charge is 0.526 e. The van der Waals surface area contributed by atoms with Gasteiger partial charge in [-0.25, -0.2) is 9.59 Å². The van der Waals surface area contributed by atoms with E-state index in [-0.39, 0.29) is 48.3 Å². The van der Waals surface area contributed by atoms with Crippen molar-refractivity contribution in [3.63, 3.8) is 0 Å². The average molecular weight is 551 g/mol. The number of para-hydroxylation sites is 1. The number of carboxylic acid groups (broad SMARTS) is 1. The van der Waals surface area contributed by atoms with Crippen LogP contribution in [-0.4, -0.2) is 93.4 Å². The van der Waals surface area contributed by atoms with Crippen molar-refractivity contribution < 1.29 is 48.8 Å². The van der Waals surface area contributed by atoms with Crippen molar-refractivity contribution in [1.82, 2.24) is 15.1 Å². The van der Waals surface area contributed by atoms with E-state index in [1.165, 1.54) is 41.3 Å². The number of carbonyl (C=O) groups is 5. The van der Waals surface area contributed by atoms with Gasteiger partial charge in [-0.1, -0.05) is 36.4 Å². The van der Waals surface area contributed by atoms with Crippen LogP contribution in [0.25, 0.3) is 0 Å². The molecule has 208 valence electrons. The van der Waals surface area contributed by atoms with E-state index in [0.29, 0.717) is 12.1 Å². The highest BCUT2D eigenvalue weighted by Gasteiger charge is 2.41. The van der Waals surface area contributed by atoms with Gasteiger partial charge in [-0.2, -0.15) is 0 Å². The van der Waals surface area contributed by atoms with E-state index in [2.05, 4.69) is 5.32 Å². The fraction of sp³-hybridized carbons (Fsp3) is 0.320. The number of likely N-dealkylation sites (N-methyl/N-ethyl adjacent to an activating group) is 1. The summed E-state index contributed by atoms with van der Waals surface area (Å²) in [5, 5.41) is 41.4. The van der Waals surface area contributed by atoms with Gasteiger partial charge in [0, 0.05) is 31.9 Å². The Hall–Kier alpha value is -4.20. The molecule has 4 rings (SSSR count). The highest BCUT2D eigenvalue weighted by Crippen LogP contribution is 2.37. The van der Waals surface area contributed by atoms with Crippen molar-refractivity contribution in [2.24, 2.45) is 0 Å². The predicted octanol–water partition coefficient (Wildman–Crippen LogP) is -1.05. The van der Waals surface area contributed by atoms with Crippen LogP contribution in [0.1, 0.15) is 40.9 Å². The van der Waals surface area contributed by atoms with Gasteiger partial charge in [0.25, 0.3) is 0 Å². The maximum atomic E-state index is 13.6. The number of hydrogen-bond acceptors (Lipinski definition) is 9. The third kappa shape index (κ3) is 5.86. The third-order valence-corrected chi connectivity index (χ3v) is 7.01.